The first-order valence-electron chi connectivity index (χ1n) is 8.47. The number of carbonyl (C=O) groups is 3. The van der Waals surface area contributed by atoms with Crippen molar-refractivity contribution in [2.45, 2.75) is 6.61 Å². The third kappa shape index (κ3) is 4.83. The molecule has 0 aliphatic carbocycles. The van der Waals surface area contributed by atoms with Crippen molar-refractivity contribution in [3.8, 4) is 0 Å². The van der Waals surface area contributed by atoms with E-state index in [2.05, 4.69) is 10.1 Å². The summed E-state index contributed by atoms with van der Waals surface area (Å²) >= 11 is 5.83. The van der Waals surface area contributed by atoms with Gasteiger partial charge in [0.25, 0.3) is 5.91 Å². The molecule has 2 aromatic carbocycles. The number of para-hydroxylation sites is 1. The maximum Gasteiger partial charge on any atom is 0.374 e. The number of amides is 1. The zero-order valence-electron chi connectivity index (χ0n) is 15.3. The first kappa shape index (κ1) is 20.2. The highest BCUT2D eigenvalue weighted by Gasteiger charge is 2.19. The van der Waals surface area contributed by atoms with Crippen LogP contribution < -0.4 is 5.32 Å². The Labute approximate surface area is 171 Å². The molecule has 1 N–H and O–H groups in total. The number of hydrogen-bond donors (Lipinski definition) is 1. The third-order valence-corrected chi connectivity index (χ3v) is 4.23. The number of rotatable bonds is 6. The van der Waals surface area contributed by atoms with Gasteiger partial charge in [-0.15, -0.1) is 0 Å². The number of anilines is 1. The predicted octanol–water partition coefficient (Wildman–Crippen LogP) is 4.33. The highest BCUT2D eigenvalue weighted by atomic mass is 35.5. The summed E-state index contributed by atoms with van der Waals surface area (Å²) < 4.78 is 14.9. The van der Waals surface area contributed by atoms with E-state index >= 15 is 0 Å². The molecule has 8 heteroatoms. The third-order valence-electron chi connectivity index (χ3n) is 3.98. The van der Waals surface area contributed by atoms with Crippen molar-refractivity contribution in [3.63, 3.8) is 0 Å². The van der Waals surface area contributed by atoms with Gasteiger partial charge >= 0.3 is 11.9 Å². The normalized spacial score (nSPS) is 10.3. The van der Waals surface area contributed by atoms with Crippen LogP contribution in [0.3, 0.4) is 0 Å². The van der Waals surface area contributed by atoms with Crippen LogP contribution in [0.5, 0.6) is 0 Å². The summed E-state index contributed by atoms with van der Waals surface area (Å²) in [5.41, 5.74) is 1.21. The number of carbonyl (C=O) groups excluding carboxylic acids is 3. The van der Waals surface area contributed by atoms with Crippen LogP contribution in [-0.4, -0.2) is 25.0 Å². The van der Waals surface area contributed by atoms with Gasteiger partial charge in [0, 0.05) is 16.1 Å². The van der Waals surface area contributed by atoms with Crippen molar-refractivity contribution in [1.29, 1.82) is 0 Å². The number of benzene rings is 2. The summed E-state index contributed by atoms with van der Waals surface area (Å²) in [5.74, 6) is -1.78. The van der Waals surface area contributed by atoms with Gasteiger partial charge in [-0.2, -0.15) is 0 Å². The maximum absolute atomic E-state index is 12.5. The van der Waals surface area contributed by atoms with Crippen molar-refractivity contribution in [3.05, 3.63) is 88.3 Å². The molecule has 0 aliphatic heterocycles. The number of ether oxygens (including phenoxy) is 2. The van der Waals surface area contributed by atoms with E-state index in [9.17, 15) is 14.4 Å². The van der Waals surface area contributed by atoms with Gasteiger partial charge in [0.2, 0.25) is 5.76 Å². The van der Waals surface area contributed by atoms with Crippen molar-refractivity contribution >= 4 is 35.1 Å². The van der Waals surface area contributed by atoms with E-state index in [1.54, 1.807) is 42.5 Å². The summed E-state index contributed by atoms with van der Waals surface area (Å²) in [6.07, 6.45) is 1.30. The van der Waals surface area contributed by atoms with Crippen LogP contribution in [0, 0.1) is 0 Å². The Hall–Kier alpha value is -3.58. The molecule has 0 saturated carbocycles. The van der Waals surface area contributed by atoms with E-state index in [0.29, 0.717) is 16.1 Å². The molecule has 0 atom stereocenters. The van der Waals surface area contributed by atoms with Crippen LogP contribution in [0.15, 0.2) is 65.3 Å². The summed E-state index contributed by atoms with van der Waals surface area (Å²) in [6, 6.07) is 14.3. The lowest BCUT2D eigenvalue weighted by atomic mass is 10.1. The summed E-state index contributed by atoms with van der Waals surface area (Å²) in [4.78, 5) is 36.6. The van der Waals surface area contributed by atoms with Crippen LogP contribution >= 0.6 is 11.6 Å². The summed E-state index contributed by atoms with van der Waals surface area (Å²) in [5, 5.41) is 3.19. The first-order chi connectivity index (χ1) is 14.0. The second kappa shape index (κ2) is 9.07. The lowest BCUT2D eigenvalue weighted by Gasteiger charge is -2.11. The minimum atomic E-state index is -0.672. The molecular formula is C21H16ClNO6. The zero-order valence-corrected chi connectivity index (χ0v) is 16.1. The van der Waals surface area contributed by atoms with Gasteiger partial charge in [0.15, 0.2) is 0 Å². The van der Waals surface area contributed by atoms with E-state index in [1.165, 1.54) is 25.5 Å². The smallest absolute Gasteiger partial charge is 0.374 e. The molecule has 29 heavy (non-hydrogen) atoms. The first-order valence-corrected chi connectivity index (χ1v) is 8.85. The molecule has 0 spiro atoms. The van der Waals surface area contributed by atoms with Crippen molar-refractivity contribution < 1.29 is 28.3 Å². The highest BCUT2D eigenvalue weighted by Crippen LogP contribution is 2.20. The number of nitrogens with one attached hydrogen (secondary N) is 1. The van der Waals surface area contributed by atoms with Crippen LogP contribution in [0.4, 0.5) is 5.69 Å². The van der Waals surface area contributed by atoms with E-state index < -0.39 is 17.8 Å². The Morgan fingerprint density at radius 2 is 1.72 bits per heavy atom. The number of methoxy groups -OCH3 is 1. The molecule has 3 rings (SSSR count). The highest BCUT2D eigenvalue weighted by molar-refractivity contribution is 6.30. The second-order valence-electron chi connectivity index (χ2n) is 5.85. The monoisotopic (exact) mass is 413 g/mol. The Balaban J connectivity index is 1.72. The minimum Gasteiger partial charge on any atom is -0.463 e. The SMILES string of the molecule is COC(=O)c1occc1COC(=O)c1ccccc1NC(=O)c1ccc(Cl)cc1. The predicted molar refractivity (Wildman–Crippen MR) is 105 cm³/mol. The van der Waals surface area contributed by atoms with Gasteiger partial charge in [0.05, 0.1) is 24.6 Å². The Kier molecular flexibility index (Phi) is 6.31. The fourth-order valence-corrected chi connectivity index (χ4v) is 2.63. The largest absolute Gasteiger partial charge is 0.463 e. The molecule has 0 fully saturated rings. The van der Waals surface area contributed by atoms with E-state index in [4.69, 9.17) is 20.8 Å². The van der Waals surface area contributed by atoms with Crippen molar-refractivity contribution in [2.24, 2.45) is 0 Å². The van der Waals surface area contributed by atoms with Gasteiger partial charge in [-0.1, -0.05) is 23.7 Å². The molecule has 0 bridgehead atoms. The molecule has 3 aromatic rings. The summed E-state index contributed by atoms with van der Waals surface area (Å²) in [7, 11) is 1.22. The topological polar surface area (TPSA) is 94.8 Å². The number of furan rings is 1. The molecule has 1 heterocycles. The molecular weight excluding hydrogens is 398 g/mol. The van der Waals surface area contributed by atoms with Gasteiger partial charge in [0.1, 0.15) is 6.61 Å². The van der Waals surface area contributed by atoms with Gasteiger partial charge in [-0.05, 0) is 42.5 Å². The average molecular weight is 414 g/mol. The average Bonchev–Trinajstić information content (AvgIpc) is 3.21. The second-order valence-corrected chi connectivity index (χ2v) is 6.29. The van der Waals surface area contributed by atoms with Crippen LogP contribution in [0.25, 0.3) is 0 Å². The molecule has 148 valence electrons. The Morgan fingerprint density at radius 1 is 1.00 bits per heavy atom. The van der Waals surface area contributed by atoms with Crippen LogP contribution in [0.1, 0.15) is 36.8 Å². The Morgan fingerprint density at radius 3 is 2.45 bits per heavy atom. The van der Waals surface area contributed by atoms with E-state index in [1.807, 2.05) is 0 Å². The van der Waals surface area contributed by atoms with Crippen LogP contribution in [0.2, 0.25) is 5.02 Å². The molecule has 1 aromatic heterocycles. The minimum absolute atomic E-state index is 0.0374. The number of hydrogen-bond acceptors (Lipinski definition) is 6. The quantitative estimate of drug-likeness (QED) is 0.604. The lowest BCUT2D eigenvalue weighted by Crippen LogP contribution is -2.16. The van der Waals surface area contributed by atoms with E-state index in [-0.39, 0.29) is 23.6 Å². The van der Waals surface area contributed by atoms with Crippen molar-refractivity contribution in [2.75, 3.05) is 12.4 Å². The number of halogens is 1. The van der Waals surface area contributed by atoms with Gasteiger partial charge < -0.3 is 19.2 Å². The molecule has 0 saturated heterocycles. The fourth-order valence-electron chi connectivity index (χ4n) is 2.51. The molecule has 7 nitrogen and oxygen atoms in total. The lowest BCUT2D eigenvalue weighted by molar-refractivity contribution is 0.0454. The zero-order chi connectivity index (χ0) is 20.8. The maximum atomic E-state index is 12.5. The van der Waals surface area contributed by atoms with Crippen LogP contribution in [-0.2, 0) is 16.1 Å². The van der Waals surface area contributed by atoms with Gasteiger partial charge in [-0.3, -0.25) is 4.79 Å². The molecule has 1 amide bonds. The standard InChI is InChI=1S/C21H16ClNO6/c1-27-21(26)18-14(10-11-28-18)12-29-20(25)16-4-2-3-5-17(16)23-19(24)13-6-8-15(22)9-7-13/h2-11H,12H2,1H3,(H,23,24). The van der Waals surface area contributed by atoms with Gasteiger partial charge in [-0.25, -0.2) is 9.59 Å². The fraction of sp³-hybridized carbons (Fsp3) is 0.0952. The van der Waals surface area contributed by atoms with Crippen molar-refractivity contribution in [1.82, 2.24) is 0 Å². The molecule has 0 radical (unpaired) electrons. The summed E-state index contributed by atoms with van der Waals surface area (Å²) in [6.45, 7) is -0.195. The van der Waals surface area contributed by atoms with E-state index in [0.717, 1.165) is 0 Å². The molecule has 0 aliphatic rings. The number of esters is 2. The Bertz CT molecular complexity index is 1040. The molecule has 0 unspecified atom stereocenters.